The first-order valence-corrected chi connectivity index (χ1v) is 10.9. The number of rotatable bonds is 4. The minimum absolute atomic E-state index is 0.0143. The van der Waals surface area contributed by atoms with Gasteiger partial charge in [-0.15, -0.1) is 0 Å². The van der Waals surface area contributed by atoms with Crippen molar-refractivity contribution in [3.63, 3.8) is 0 Å². The molecule has 0 unspecified atom stereocenters. The van der Waals surface area contributed by atoms with Crippen molar-refractivity contribution in [2.45, 2.75) is 44.3 Å². The molecule has 1 heterocycles. The Bertz CT molecular complexity index is 1070. The van der Waals surface area contributed by atoms with Gasteiger partial charge < -0.3 is 10.6 Å². The molecule has 2 N–H and O–H groups in total. The number of nitrogens with two attached hydrogens (primary N) is 1. The predicted octanol–water partition coefficient (Wildman–Crippen LogP) is 5.67. The number of fused-ring (bicyclic) bond motifs is 1. The zero-order valence-corrected chi connectivity index (χ0v) is 18.8. The van der Waals surface area contributed by atoms with Crippen LogP contribution in [0.5, 0.6) is 0 Å². The van der Waals surface area contributed by atoms with E-state index in [-0.39, 0.29) is 27.6 Å². The molecule has 1 aliphatic heterocycles. The van der Waals surface area contributed by atoms with Crippen molar-refractivity contribution in [3.05, 3.63) is 63.1 Å². The van der Waals surface area contributed by atoms with Crippen molar-refractivity contribution in [1.29, 1.82) is 0 Å². The molecule has 4 nitrogen and oxygen atoms in total. The summed E-state index contributed by atoms with van der Waals surface area (Å²) in [4.78, 5) is 18.6. The van der Waals surface area contributed by atoms with Crippen LogP contribution in [0, 0.1) is 5.92 Å². The third kappa shape index (κ3) is 3.86. The number of alkyl halides is 3. The van der Waals surface area contributed by atoms with Crippen LogP contribution in [0.2, 0.25) is 0 Å². The summed E-state index contributed by atoms with van der Waals surface area (Å²) in [6, 6.07) is 10.0. The van der Waals surface area contributed by atoms with Crippen LogP contribution in [0.3, 0.4) is 0 Å². The van der Waals surface area contributed by atoms with Crippen molar-refractivity contribution in [1.82, 2.24) is 0 Å². The molecule has 2 aromatic carbocycles. The molecule has 0 aromatic heterocycles. The van der Waals surface area contributed by atoms with Crippen molar-refractivity contribution in [2.75, 3.05) is 11.9 Å². The van der Waals surface area contributed by atoms with Crippen LogP contribution in [0.25, 0.3) is 0 Å². The summed E-state index contributed by atoms with van der Waals surface area (Å²) in [5.41, 5.74) is 6.83. The lowest BCUT2D eigenvalue weighted by Gasteiger charge is -2.47. The third-order valence-electron chi connectivity index (χ3n) is 6.37. The van der Waals surface area contributed by atoms with Gasteiger partial charge in [-0.1, -0.05) is 35.0 Å². The molecule has 1 saturated carbocycles. The first kappa shape index (κ1) is 21.9. The van der Waals surface area contributed by atoms with Crippen LogP contribution >= 0.6 is 15.9 Å². The van der Waals surface area contributed by atoms with Gasteiger partial charge in [0.25, 0.3) is 5.91 Å². The average molecular weight is 494 g/mol. The summed E-state index contributed by atoms with van der Waals surface area (Å²) in [5.74, 6) is 0.698. The van der Waals surface area contributed by atoms with Gasteiger partial charge in [-0.2, -0.15) is 13.2 Å². The van der Waals surface area contributed by atoms with E-state index in [9.17, 15) is 18.0 Å². The normalized spacial score (nSPS) is 23.7. The highest BCUT2D eigenvalue weighted by molar-refractivity contribution is 9.10. The number of nitrogens with zero attached hydrogens (tertiary/aromatic N) is 2. The lowest BCUT2D eigenvalue weighted by atomic mass is 9.57. The third-order valence-corrected chi connectivity index (χ3v) is 6.83. The van der Waals surface area contributed by atoms with E-state index >= 15 is 0 Å². The Morgan fingerprint density at radius 2 is 2.00 bits per heavy atom. The Balaban J connectivity index is 1.71. The Kier molecular flexibility index (Phi) is 5.40. The highest BCUT2D eigenvalue weighted by Crippen LogP contribution is 2.51. The fourth-order valence-corrected chi connectivity index (χ4v) is 5.48. The molecule has 4 rings (SSSR count). The summed E-state index contributed by atoms with van der Waals surface area (Å²) in [7, 11) is 1.66. The maximum Gasteiger partial charge on any atom is 0.416 e. The second kappa shape index (κ2) is 7.65. The number of halogens is 4. The molecule has 31 heavy (non-hydrogen) atoms. The largest absolute Gasteiger partial charge is 0.416 e. The Morgan fingerprint density at radius 3 is 2.61 bits per heavy atom. The van der Waals surface area contributed by atoms with E-state index in [1.807, 2.05) is 18.2 Å². The fraction of sp³-hybridized carbons (Fsp3) is 0.391. The van der Waals surface area contributed by atoms with Gasteiger partial charge in [0.1, 0.15) is 0 Å². The van der Waals surface area contributed by atoms with Gasteiger partial charge in [0.2, 0.25) is 0 Å². The summed E-state index contributed by atoms with van der Waals surface area (Å²) in [5, 5.41) is 0. The fourth-order valence-electron chi connectivity index (χ4n) is 5.02. The number of benzene rings is 2. The molecule has 8 heteroatoms. The first-order chi connectivity index (χ1) is 14.5. The van der Waals surface area contributed by atoms with E-state index in [1.54, 1.807) is 13.1 Å². The molecular weight excluding hydrogens is 471 g/mol. The highest BCUT2D eigenvalue weighted by atomic mass is 79.9. The second-order valence-corrected chi connectivity index (χ2v) is 9.52. The SMILES string of the molecule is CN=C(N)CC1(c2cccc(N3Cc4c(cc(Br)cc4C(F)(F)F)C3=O)c2)CC(C)C1. The van der Waals surface area contributed by atoms with E-state index < -0.39 is 17.6 Å². The van der Waals surface area contributed by atoms with Gasteiger partial charge in [0, 0.05) is 34.6 Å². The van der Waals surface area contributed by atoms with Crippen LogP contribution in [-0.4, -0.2) is 18.8 Å². The van der Waals surface area contributed by atoms with Crippen molar-refractivity contribution >= 4 is 33.4 Å². The highest BCUT2D eigenvalue weighted by Gasteiger charge is 2.45. The maximum atomic E-state index is 13.6. The molecule has 2 aliphatic rings. The van der Waals surface area contributed by atoms with Gasteiger partial charge in [0.05, 0.1) is 17.9 Å². The quantitative estimate of drug-likeness (QED) is 0.440. The lowest BCUT2D eigenvalue weighted by molar-refractivity contribution is -0.138. The number of hydrogen-bond donors (Lipinski definition) is 1. The van der Waals surface area contributed by atoms with Crippen molar-refractivity contribution < 1.29 is 18.0 Å². The van der Waals surface area contributed by atoms with E-state index in [1.165, 1.54) is 11.0 Å². The number of anilines is 1. The molecule has 164 valence electrons. The van der Waals surface area contributed by atoms with Crippen LogP contribution in [0.15, 0.2) is 45.9 Å². The lowest BCUT2D eigenvalue weighted by Crippen LogP contribution is -2.43. The molecule has 1 amide bonds. The van der Waals surface area contributed by atoms with E-state index in [0.29, 0.717) is 23.9 Å². The minimum atomic E-state index is -4.53. The number of hydrogen-bond acceptors (Lipinski definition) is 2. The summed E-state index contributed by atoms with van der Waals surface area (Å²) < 4.78 is 40.9. The Labute approximate surface area is 187 Å². The Morgan fingerprint density at radius 1 is 1.29 bits per heavy atom. The topological polar surface area (TPSA) is 58.7 Å². The zero-order valence-electron chi connectivity index (χ0n) is 17.3. The molecule has 1 aliphatic carbocycles. The van der Waals surface area contributed by atoms with E-state index in [2.05, 4.69) is 27.8 Å². The van der Waals surface area contributed by atoms with Crippen molar-refractivity contribution in [3.8, 4) is 0 Å². The number of aliphatic imine (C=N–C) groups is 1. The molecular formula is C23H23BrF3N3O. The molecule has 0 atom stereocenters. The van der Waals surface area contributed by atoms with E-state index in [4.69, 9.17) is 5.73 Å². The van der Waals surface area contributed by atoms with Gasteiger partial charge in [-0.05, 0) is 54.2 Å². The van der Waals surface area contributed by atoms with Crippen LogP contribution in [0.1, 0.15) is 53.2 Å². The molecule has 0 radical (unpaired) electrons. The average Bonchev–Trinajstić information content (AvgIpc) is 3.01. The monoisotopic (exact) mass is 493 g/mol. The molecule has 2 aromatic rings. The standard InChI is InChI=1S/C23H23BrF3N3O/c1-13-9-22(10-13,11-20(28)29-2)14-4-3-5-16(6-14)30-12-18-17(21(30)31)7-15(24)8-19(18)23(25,26)27/h3-8,13H,9-12H2,1-2H3,(H2,28,29). The summed E-state index contributed by atoms with van der Waals surface area (Å²) in [6.07, 6.45) is -2.01. The first-order valence-electron chi connectivity index (χ1n) is 10.1. The predicted molar refractivity (Wildman–Crippen MR) is 118 cm³/mol. The van der Waals surface area contributed by atoms with Crippen LogP contribution in [0.4, 0.5) is 18.9 Å². The Hall–Kier alpha value is -2.35. The molecule has 0 bridgehead atoms. The van der Waals surface area contributed by atoms with E-state index in [0.717, 1.165) is 24.5 Å². The zero-order chi connectivity index (χ0) is 22.6. The smallest absolute Gasteiger partial charge is 0.387 e. The number of amidine groups is 1. The van der Waals surface area contributed by atoms with Gasteiger partial charge in [-0.25, -0.2) is 0 Å². The van der Waals surface area contributed by atoms with Gasteiger partial charge in [0.15, 0.2) is 0 Å². The molecule has 1 fully saturated rings. The van der Waals surface area contributed by atoms with Crippen molar-refractivity contribution in [2.24, 2.45) is 16.6 Å². The van der Waals surface area contributed by atoms with Crippen LogP contribution in [-0.2, 0) is 18.1 Å². The summed E-state index contributed by atoms with van der Waals surface area (Å²) in [6.45, 7) is 2.07. The number of amides is 1. The van der Waals surface area contributed by atoms with Crippen LogP contribution < -0.4 is 10.6 Å². The maximum absolute atomic E-state index is 13.6. The number of carbonyl (C=O) groups excluding carboxylic acids is 1. The molecule has 0 spiro atoms. The van der Waals surface area contributed by atoms with Gasteiger partial charge in [-0.3, -0.25) is 9.79 Å². The summed E-state index contributed by atoms with van der Waals surface area (Å²) >= 11 is 3.11. The minimum Gasteiger partial charge on any atom is -0.387 e. The number of carbonyl (C=O) groups is 1. The second-order valence-electron chi connectivity index (χ2n) is 8.60. The molecule has 0 saturated heterocycles. The van der Waals surface area contributed by atoms with Gasteiger partial charge >= 0.3 is 6.18 Å².